The smallest absolute Gasteiger partial charge is 0.227 e. The van der Waals surface area contributed by atoms with E-state index in [9.17, 15) is 4.79 Å². The minimum Gasteiger partial charge on any atom is -0.369 e. The van der Waals surface area contributed by atoms with Crippen LogP contribution in [0.3, 0.4) is 0 Å². The van der Waals surface area contributed by atoms with Crippen LogP contribution in [0.4, 0.5) is 0 Å². The second-order valence-corrected chi connectivity index (χ2v) is 3.37. The average Bonchev–Trinajstić information content (AvgIpc) is 1.84. The summed E-state index contributed by atoms with van der Waals surface area (Å²) in [4.78, 5) is 10.8. The number of carbonyl (C=O) groups is 1. The molecule has 2 nitrogen and oxygen atoms in total. The minimum absolute atomic E-state index is 0.328. The first-order chi connectivity index (χ1) is 4.86. The van der Waals surface area contributed by atoms with Crippen molar-refractivity contribution in [3.63, 3.8) is 0 Å². The third-order valence-corrected chi connectivity index (χ3v) is 1.36. The summed E-state index contributed by atoms with van der Waals surface area (Å²) in [7, 11) is 0. The number of rotatable bonds is 2. The van der Waals surface area contributed by atoms with Crippen LogP contribution >= 0.6 is 0 Å². The fourth-order valence-electron chi connectivity index (χ4n) is 0.396. The molecule has 2 N–H and O–H groups in total. The van der Waals surface area contributed by atoms with Gasteiger partial charge in [0, 0.05) is 0 Å². The first-order valence-electron chi connectivity index (χ1n) is 3.57. The van der Waals surface area contributed by atoms with Gasteiger partial charge in [0.15, 0.2) is 0 Å². The quantitative estimate of drug-likeness (QED) is 0.602. The molecule has 0 aromatic carbocycles. The lowest BCUT2D eigenvalue weighted by molar-refractivity contribution is -0.123. The number of carbonyl (C=O) groups excluding carboxylic acids is 1. The lowest BCUT2D eigenvalue weighted by Crippen LogP contribution is -2.29. The van der Waals surface area contributed by atoms with Gasteiger partial charge in [0.05, 0.1) is 5.41 Å². The zero-order valence-corrected chi connectivity index (χ0v) is 7.56. The highest BCUT2D eigenvalue weighted by Crippen LogP contribution is 2.14. The minimum atomic E-state index is -0.586. The Kier molecular flexibility index (Phi) is 3.09. The molecule has 0 saturated heterocycles. The maximum absolute atomic E-state index is 10.8. The highest BCUT2D eigenvalue weighted by atomic mass is 16.1. The van der Waals surface area contributed by atoms with Gasteiger partial charge in [-0.1, -0.05) is 0 Å². The molecule has 0 aliphatic rings. The van der Waals surface area contributed by atoms with Crippen molar-refractivity contribution in [1.82, 2.24) is 0 Å². The molecule has 1 amide bonds. The van der Waals surface area contributed by atoms with Crippen LogP contribution in [-0.4, -0.2) is 5.91 Å². The number of hydrogen-bond acceptors (Lipinski definition) is 1. The van der Waals surface area contributed by atoms with Crippen LogP contribution in [0.15, 0.2) is 17.4 Å². The Balaban J connectivity index is 4.62. The lowest BCUT2D eigenvalue weighted by atomic mass is 9.93. The monoisotopic (exact) mass is 153 g/mol. The second-order valence-electron chi connectivity index (χ2n) is 3.37. The number of amides is 1. The predicted octanol–water partition coefficient (Wildman–Crippen LogP) is 1.62. The van der Waals surface area contributed by atoms with Crippen molar-refractivity contribution < 1.29 is 4.79 Å². The van der Waals surface area contributed by atoms with Crippen molar-refractivity contribution in [3.8, 4) is 0 Å². The fourth-order valence-corrected chi connectivity index (χ4v) is 0.396. The molecule has 0 spiro atoms. The van der Waals surface area contributed by atoms with E-state index < -0.39 is 5.41 Å². The van der Waals surface area contributed by atoms with Gasteiger partial charge in [-0.05, 0) is 39.3 Å². The van der Waals surface area contributed by atoms with E-state index in [0.717, 1.165) is 5.57 Å². The maximum Gasteiger partial charge on any atom is 0.227 e. The van der Waals surface area contributed by atoms with E-state index in [1.807, 2.05) is 13.8 Å². The van der Waals surface area contributed by atoms with Crippen molar-refractivity contribution >= 4 is 5.91 Å². The van der Waals surface area contributed by atoms with Crippen LogP contribution < -0.4 is 5.73 Å². The van der Waals surface area contributed by atoms with E-state index in [4.69, 9.17) is 5.73 Å². The van der Waals surface area contributed by atoms with Crippen molar-refractivity contribution in [2.45, 2.75) is 27.7 Å². The molecule has 0 aromatic heterocycles. The molecule has 62 valence electrons. The number of nitrogens with two attached hydrogens (primary N) is 1. The fraction of sp³-hybridized carbons (Fsp3) is 0.556. The highest BCUT2D eigenvalue weighted by Gasteiger charge is 2.20. The largest absolute Gasteiger partial charge is 0.369 e. The standard InChI is InChI=1S/C9H15NO/c1-7(2)5-6-9(3,4)8(10)11/h6H,1-4H3,(H2,10,11). The molecular weight excluding hydrogens is 138 g/mol. The topological polar surface area (TPSA) is 43.1 Å². The molecule has 2 heteroatoms. The zero-order chi connectivity index (χ0) is 9.07. The summed E-state index contributed by atoms with van der Waals surface area (Å²) in [5.74, 6) is -0.328. The summed E-state index contributed by atoms with van der Waals surface area (Å²) in [5.41, 5.74) is 8.55. The summed E-state index contributed by atoms with van der Waals surface area (Å²) < 4.78 is 0. The van der Waals surface area contributed by atoms with Gasteiger partial charge in [0.25, 0.3) is 0 Å². The normalized spacial score (nSPS) is 10.2. The molecule has 0 bridgehead atoms. The first-order valence-corrected chi connectivity index (χ1v) is 3.57. The molecule has 11 heavy (non-hydrogen) atoms. The van der Waals surface area contributed by atoms with Gasteiger partial charge < -0.3 is 5.73 Å². The van der Waals surface area contributed by atoms with E-state index >= 15 is 0 Å². The molecule has 0 aromatic rings. The Morgan fingerprint density at radius 1 is 1.45 bits per heavy atom. The number of hydrogen-bond donors (Lipinski definition) is 1. The second kappa shape index (κ2) is 3.40. The summed E-state index contributed by atoms with van der Waals surface area (Å²) in [6, 6.07) is 0. The third kappa shape index (κ3) is 3.64. The summed E-state index contributed by atoms with van der Waals surface area (Å²) >= 11 is 0. The van der Waals surface area contributed by atoms with Crippen LogP contribution in [0.1, 0.15) is 27.7 Å². The molecule has 0 unspecified atom stereocenters. The van der Waals surface area contributed by atoms with Crippen LogP contribution in [0.2, 0.25) is 0 Å². The molecule has 0 radical (unpaired) electrons. The molecular formula is C9H15NO. The Labute approximate surface area is 67.8 Å². The van der Waals surface area contributed by atoms with Crippen LogP contribution in [0.5, 0.6) is 0 Å². The molecule has 0 atom stereocenters. The summed E-state index contributed by atoms with van der Waals surface area (Å²) in [6.45, 7) is 7.39. The van der Waals surface area contributed by atoms with Crippen LogP contribution in [0, 0.1) is 5.41 Å². The van der Waals surface area contributed by atoms with Gasteiger partial charge in [-0.2, -0.15) is 0 Å². The Morgan fingerprint density at radius 2 is 1.91 bits per heavy atom. The SMILES string of the molecule is CC(C)=C=CC(C)(C)C(N)=O. The molecule has 0 fully saturated rings. The molecule has 0 saturated carbocycles. The van der Waals surface area contributed by atoms with Crippen LogP contribution in [-0.2, 0) is 4.79 Å². The van der Waals surface area contributed by atoms with Crippen molar-refractivity contribution in [2.75, 3.05) is 0 Å². The maximum atomic E-state index is 10.8. The van der Waals surface area contributed by atoms with E-state index in [1.165, 1.54) is 0 Å². The van der Waals surface area contributed by atoms with Crippen molar-refractivity contribution in [3.05, 3.63) is 17.4 Å². The Hall–Kier alpha value is -1.01. The lowest BCUT2D eigenvalue weighted by Gasteiger charge is -2.12. The summed E-state index contributed by atoms with van der Waals surface area (Å²) in [6.07, 6.45) is 1.70. The third-order valence-electron chi connectivity index (χ3n) is 1.36. The van der Waals surface area contributed by atoms with Gasteiger partial charge in [-0.25, -0.2) is 0 Å². The first kappa shape index (κ1) is 9.99. The highest BCUT2D eigenvalue weighted by molar-refractivity contribution is 5.81. The molecule has 0 aliphatic heterocycles. The van der Waals surface area contributed by atoms with E-state index in [0.29, 0.717) is 0 Å². The molecule has 0 aliphatic carbocycles. The predicted molar refractivity (Wildman–Crippen MR) is 45.9 cm³/mol. The molecule has 0 heterocycles. The zero-order valence-electron chi connectivity index (χ0n) is 7.56. The van der Waals surface area contributed by atoms with Crippen molar-refractivity contribution in [1.29, 1.82) is 0 Å². The molecule has 0 rings (SSSR count). The van der Waals surface area contributed by atoms with Gasteiger partial charge in [0.2, 0.25) is 5.91 Å². The Bertz CT molecular complexity index is 216. The van der Waals surface area contributed by atoms with Crippen LogP contribution in [0.25, 0.3) is 0 Å². The van der Waals surface area contributed by atoms with Gasteiger partial charge >= 0.3 is 0 Å². The van der Waals surface area contributed by atoms with Crippen molar-refractivity contribution in [2.24, 2.45) is 11.1 Å². The van der Waals surface area contributed by atoms with E-state index in [1.54, 1.807) is 19.9 Å². The van der Waals surface area contributed by atoms with Gasteiger partial charge in [0.1, 0.15) is 0 Å². The number of primary amides is 1. The van der Waals surface area contributed by atoms with Gasteiger partial charge in [-0.15, -0.1) is 5.73 Å². The van der Waals surface area contributed by atoms with E-state index in [2.05, 4.69) is 5.73 Å². The summed E-state index contributed by atoms with van der Waals surface area (Å²) in [5, 5.41) is 0. The Morgan fingerprint density at radius 3 is 2.18 bits per heavy atom. The van der Waals surface area contributed by atoms with E-state index in [-0.39, 0.29) is 5.91 Å². The average molecular weight is 153 g/mol. The van der Waals surface area contributed by atoms with Gasteiger partial charge in [-0.3, -0.25) is 4.79 Å².